The molecule has 76 valence electrons. The van der Waals surface area contributed by atoms with Crippen molar-refractivity contribution in [1.82, 2.24) is 6.15 Å². The van der Waals surface area contributed by atoms with Crippen molar-refractivity contribution in [3.8, 4) is 0 Å². The molecule has 0 aliphatic rings. The van der Waals surface area contributed by atoms with Gasteiger partial charge in [-0.25, -0.2) is 0 Å². The molecule has 12 heavy (non-hydrogen) atoms. The fourth-order valence-electron chi connectivity index (χ4n) is 1.05. The van der Waals surface area contributed by atoms with Crippen molar-refractivity contribution in [2.24, 2.45) is 0 Å². The maximum Gasteiger partial charge on any atom is 0.141 e. The topological polar surface area (TPSA) is 116 Å². The molecule has 0 heterocycles. The van der Waals surface area contributed by atoms with Crippen molar-refractivity contribution in [2.45, 2.75) is 44.7 Å². The standard InChI is InChI=1S/C7H16O4.H3N/c1-4(8)7(11,5(2)9)6(3)10;/h4-6,8-11H,1-3H3;1H3. The lowest BCUT2D eigenvalue weighted by Crippen LogP contribution is -2.57. The van der Waals surface area contributed by atoms with Crippen LogP contribution in [0, 0.1) is 0 Å². The van der Waals surface area contributed by atoms with Gasteiger partial charge < -0.3 is 26.6 Å². The molecule has 0 saturated carbocycles. The average molecular weight is 181 g/mol. The molecule has 0 aliphatic carbocycles. The lowest BCUT2D eigenvalue weighted by atomic mass is 9.87. The van der Waals surface area contributed by atoms with Crippen LogP contribution >= 0.6 is 0 Å². The molecule has 0 radical (unpaired) electrons. The number of aliphatic hydroxyl groups excluding tert-OH is 3. The van der Waals surface area contributed by atoms with E-state index in [-0.39, 0.29) is 6.15 Å². The molecular weight excluding hydrogens is 162 g/mol. The van der Waals surface area contributed by atoms with Crippen LogP contribution in [-0.2, 0) is 0 Å². The number of hydrogen-bond acceptors (Lipinski definition) is 5. The van der Waals surface area contributed by atoms with Gasteiger partial charge in [0.25, 0.3) is 0 Å². The first-order chi connectivity index (χ1) is 4.83. The fraction of sp³-hybridized carbons (Fsp3) is 1.00. The third-order valence-electron chi connectivity index (χ3n) is 2.01. The van der Waals surface area contributed by atoms with Gasteiger partial charge in [0.1, 0.15) is 5.60 Å². The highest BCUT2D eigenvalue weighted by Crippen LogP contribution is 2.20. The lowest BCUT2D eigenvalue weighted by molar-refractivity contribution is -0.185. The van der Waals surface area contributed by atoms with Crippen LogP contribution in [0.1, 0.15) is 20.8 Å². The minimum absolute atomic E-state index is 0. The lowest BCUT2D eigenvalue weighted by Gasteiger charge is -2.36. The highest BCUT2D eigenvalue weighted by molar-refractivity contribution is 4.93. The molecule has 0 bridgehead atoms. The van der Waals surface area contributed by atoms with Crippen molar-refractivity contribution in [1.29, 1.82) is 0 Å². The summed E-state index contributed by atoms with van der Waals surface area (Å²) in [6.45, 7) is 3.96. The van der Waals surface area contributed by atoms with Crippen LogP contribution in [0.15, 0.2) is 0 Å². The van der Waals surface area contributed by atoms with Gasteiger partial charge in [-0.2, -0.15) is 0 Å². The molecule has 0 aromatic carbocycles. The van der Waals surface area contributed by atoms with E-state index in [1.54, 1.807) is 0 Å². The molecule has 0 aromatic rings. The largest absolute Gasteiger partial charge is 0.390 e. The first-order valence-corrected chi connectivity index (χ1v) is 3.60. The molecule has 0 amide bonds. The van der Waals surface area contributed by atoms with E-state index in [1.807, 2.05) is 0 Å². The SMILES string of the molecule is CC(O)C(O)(C(C)O)C(C)O.N. The zero-order valence-electron chi connectivity index (χ0n) is 7.73. The van der Waals surface area contributed by atoms with E-state index in [4.69, 9.17) is 15.3 Å². The third-order valence-corrected chi connectivity index (χ3v) is 2.01. The number of hydrogen-bond donors (Lipinski definition) is 5. The van der Waals surface area contributed by atoms with Crippen molar-refractivity contribution in [2.75, 3.05) is 0 Å². The Bertz CT molecular complexity index is 103. The van der Waals surface area contributed by atoms with Crippen molar-refractivity contribution in [3.63, 3.8) is 0 Å². The first kappa shape index (κ1) is 14.3. The summed E-state index contributed by atoms with van der Waals surface area (Å²) in [4.78, 5) is 0. The van der Waals surface area contributed by atoms with Gasteiger partial charge in [0.05, 0.1) is 18.3 Å². The highest BCUT2D eigenvalue weighted by atomic mass is 16.4. The zero-order valence-corrected chi connectivity index (χ0v) is 7.73. The molecule has 3 atom stereocenters. The van der Waals surface area contributed by atoms with Crippen LogP contribution in [0.2, 0.25) is 0 Å². The molecule has 0 saturated heterocycles. The van der Waals surface area contributed by atoms with E-state index in [0.29, 0.717) is 0 Å². The Kier molecular flexibility index (Phi) is 5.66. The van der Waals surface area contributed by atoms with Gasteiger partial charge >= 0.3 is 0 Å². The van der Waals surface area contributed by atoms with Gasteiger partial charge in [0.15, 0.2) is 0 Å². The Morgan fingerprint density at radius 1 is 0.833 bits per heavy atom. The van der Waals surface area contributed by atoms with Crippen LogP contribution in [-0.4, -0.2) is 44.3 Å². The molecule has 0 aromatic heterocycles. The van der Waals surface area contributed by atoms with Crippen molar-refractivity contribution < 1.29 is 20.4 Å². The van der Waals surface area contributed by atoms with E-state index in [0.717, 1.165) is 0 Å². The van der Waals surface area contributed by atoms with Gasteiger partial charge in [-0.3, -0.25) is 0 Å². The molecule has 7 N–H and O–H groups in total. The highest BCUT2D eigenvalue weighted by Gasteiger charge is 2.42. The predicted octanol–water partition coefficient (Wildman–Crippen LogP) is -0.978. The summed E-state index contributed by atoms with van der Waals surface area (Å²) in [7, 11) is 0. The smallest absolute Gasteiger partial charge is 0.141 e. The first-order valence-electron chi connectivity index (χ1n) is 3.60. The summed E-state index contributed by atoms with van der Waals surface area (Å²) in [5.41, 5.74) is -1.83. The number of rotatable bonds is 3. The van der Waals surface area contributed by atoms with Gasteiger partial charge in [0, 0.05) is 0 Å². The Morgan fingerprint density at radius 2 is 1.00 bits per heavy atom. The number of aliphatic hydroxyl groups is 4. The third kappa shape index (κ3) is 2.40. The Hall–Kier alpha value is -0.200. The molecule has 5 nitrogen and oxygen atoms in total. The Morgan fingerprint density at radius 3 is 1.00 bits per heavy atom. The Labute approximate surface area is 72.2 Å². The van der Waals surface area contributed by atoms with E-state index in [2.05, 4.69) is 0 Å². The van der Waals surface area contributed by atoms with E-state index in [9.17, 15) is 5.11 Å². The van der Waals surface area contributed by atoms with Gasteiger partial charge in [0.2, 0.25) is 0 Å². The summed E-state index contributed by atoms with van der Waals surface area (Å²) >= 11 is 0. The van der Waals surface area contributed by atoms with Crippen LogP contribution < -0.4 is 6.15 Å². The summed E-state index contributed by atoms with van der Waals surface area (Å²) in [6, 6.07) is 0. The van der Waals surface area contributed by atoms with Crippen molar-refractivity contribution >= 4 is 0 Å². The molecule has 3 unspecified atom stereocenters. The monoisotopic (exact) mass is 181 g/mol. The summed E-state index contributed by atoms with van der Waals surface area (Å²) in [6.07, 6.45) is -3.49. The second-order valence-corrected chi connectivity index (χ2v) is 2.92. The quantitative estimate of drug-likeness (QED) is 0.384. The van der Waals surface area contributed by atoms with Crippen LogP contribution in [0.25, 0.3) is 0 Å². The van der Waals surface area contributed by atoms with Gasteiger partial charge in [-0.1, -0.05) is 0 Å². The van der Waals surface area contributed by atoms with Crippen LogP contribution in [0.5, 0.6) is 0 Å². The minimum Gasteiger partial charge on any atom is -0.390 e. The molecule has 0 aliphatic heterocycles. The second kappa shape index (κ2) is 4.74. The van der Waals surface area contributed by atoms with Crippen LogP contribution in [0.3, 0.4) is 0 Å². The molecule has 5 heteroatoms. The maximum atomic E-state index is 9.49. The molecular formula is C7H19NO4. The summed E-state index contributed by atoms with van der Waals surface area (Å²) < 4.78 is 0. The summed E-state index contributed by atoms with van der Waals surface area (Å²) in [5.74, 6) is 0. The second-order valence-electron chi connectivity index (χ2n) is 2.92. The predicted molar refractivity (Wildman–Crippen MR) is 45.0 cm³/mol. The molecule has 0 rings (SSSR count). The van der Waals surface area contributed by atoms with Crippen molar-refractivity contribution in [3.05, 3.63) is 0 Å². The van der Waals surface area contributed by atoms with Gasteiger partial charge in [-0.15, -0.1) is 0 Å². The minimum atomic E-state index is -1.83. The van der Waals surface area contributed by atoms with E-state index in [1.165, 1.54) is 20.8 Å². The van der Waals surface area contributed by atoms with Crippen LogP contribution in [0.4, 0.5) is 0 Å². The molecule has 0 fully saturated rings. The van der Waals surface area contributed by atoms with Gasteiger partial charge in [-0.05, 0) is 20.8 Å². The fourth-order valence-corrected chi connectivity index (χ4v) is 1.05. The zero-order chi connectivity index (χ0) is 9.23. The Balaban J connectivity index is 0. The normalized spacial score (nSPS) is 23.2. The average Bonchev–Trinajstić information content (AvgIpc) is 1.84. The van der Waals surface area contributed by atoms with E-state index >= 15 is 0 Å². The maximum absolute atomic E-state index is 9.49. The molecule has 0 spiro atoms. The van der Waals surface area contributed by atoms with E-state index < -0.39 is 23.9 Å². The summed E-state index contributed by atoms with van der Waals surface area (Å²) in [5, 5.41) is 36.6.